The Morgan fingerprint density at radius 3 is 2.41 bits per heavy atom. The molecule has 2 aromatic rings. The third kappa shape index (κ3) is 6.29. The molecule has 1 unspecified atom stereocenters. The minimum absolute atomic E-state index is 0.0750. The number of rotatable bonds is 8. The summed E-state index contributed by atoms with van der Waals surface area (Å²) in [5.74, 6) is 0.359. The maximum absolute atomic E-state index is 12.5. The van der Waals surface area contributed by atoms with Crippen molar-refractivity contribution in [2.24, 2.45) is 0 Å². The van der Waals surface area contributed by atoms with Crippen molar-refractivity contribution in [1.29, 1.82) is 0 Å². The fraction of sp³-hybridized carbons (Fsp3) is 0.333. The molecule has 2 amide bonds. The summed E-state index contributed by atoms with van der Waals surface area (Å²) in [4.78, 5) is 24.2. The standard InChI is InChI=1S/C21H25ClN2O3/c1-4-6-20(25)23-16-9-12-18(22)19(13-16)24-21(26)15-7-10-17(11-8-15)27-14(3)5-2/h7-14H,4-6H2,1-3H3,(H,23,25)(H,24,26). The van der Waals surface area contributed by atoms with E-state index in [-0.39, 0.29) is 17.9 Å². The number of hydrogen-bond acceptors (Lipinski definition) is 3. The normalized spacial score (nSPS) is 11.6. The van der Waals surface area contributed by atoms with Gasteiger partial charge in [-0.25, -0.2) is 0 Å². The van der Waals surface area contributed by atoms with Crippen LogP contribution in [0.1, 0.15) is 50.4 Å². The molecule has 2 aromatic carbocycles. The van der Waals surface area contributed by atoms with E-state index in [1.165, 1.54) is 0 Å². The Morgan fingerprint density at radius 2 is 1.78 bits per heavy atom. The molecule has 0 aliphatic heterocycles. The van der Waals surface area contributed by atoms with Gasteiger partial charge in [0.05, 0.1) is 16.8 Å². The highest BCUT2D eigenvalue weighted by Gasteiger charge is 2.11. The van der Waals surface area contributed by atoms with Gasteiger partial charge in [-0.3, -0.25) is 9.59 Å². The lowest BCUT2D eigenvalue weighted by Gasteiger charge is -2.13. The predicted molar refractivity (Wildman–Crippen MR) is 110 cm³/mol. The van der Waals surface area contributed by atoms with E-state index in [9.17, 15) is 9.59 Å². The number of halogens is 1. The monoisotopic (exact) mass is 388 g/mol. The van der Waals surface area contributed by atoms with Crippen molar-refractivity contribution in [2.75, 3.05) is 10.6 Å². The summed E-state index contributed by atoms with van der Waals surface area (Å²) in [7, 11) is 0. The van der Waals surface area contributed by atoms with E-state index in [4.69, 9.17) is 16.3 Å². The van der Waals surface area contributed by atoms with Crippen LogP contribution in [0.3, 0.4) is 0 Å². The molecule has 27 heavy (non-hydrogen) atoms. The smallest absolute Gasteiger partial charge is 0.255 e. The third-order valence-electron chi connectivity index (χ3n) is 4.00. The number of carbonyl (C=O) groups is 2. The number of amides is 2. The second kappa shape index (κ2) is 9.97. The molecule has 0 saturated heterocycles. The van der Waals surface area contributed by atoms with Crippen molar-refractivity contribution < 1.29 is 14.3 Å². The molecule has 0 saturated carbocycles. The summed E-state index contributed by atoms with van der Waals surface area (Å²) in [5.41, 5.74) is 1.52. The average Bonchev–Trinajstić information content (AvgIpc) is 2.65. The van der Waals surface area contributed by atoms with Crippen LogP contribution < -0.4 is 15.4 Å². The molecule has 5 nitrogen and oxygen atoms in total. The van der Waals surface area contributed by atoms with E-state index >= 15 is 0 Å². The molecule has 0 aliphatic rings. The lowest BCUT2D eigenvalue weighted by Crippen LogP contribution is -2.14. The van der Waals surface area contributed by atoms with Gasteiger partial charge >= 0.3 is 0 Å². The predicted octanol–water partition coefficient (Wildman–Crippen LogP) is 5.51. The maximum Gasteiger partial charge on any atom is 0.255 e. The SMILES string of the molecule is CCCC(=O)Nc1ccc(Cl)c(NC(=O)c2ccc(OC(C)CC)cc2)c1. The summed E-state index contributed by atoms with van der Waals surface area (Å²) < 4.78 is 5.72. The lowest BCUT2D eigenvalue weighted by atomic mass is 10.2. The van der Waals surface area contributed by atoms with Crippen molar-refractivity contribution in [3.63, 3.8) is 0 Å². The lowest BCUT2D eigenvalue weighted by molar-refractivity contribution is -0.116. The largest absolute Gasteiger partial charge is 0.491 e. The van der Waals surface area contributed by atoms with Crippen LogP contribution in [0, 0.1) is 0 Å². The van der Waals surface area contributed by atoms with Gasteiger partial charge < -0.3 is 15.4 Å². The van der Waals surface area contributed by atoms with Gasteiger partial charge in [0.25, 0.3) is 5.91 Å². The fourth-order valence-corrected chi connectivity index (χ4v) is 2.51. The van der Waals surface area contributed by atoms with E-state index in [2.05, 4.69) is 17.6 Å². The van der Waals surface area contributed by atoms with Crippen molar-refractivity contribution in [3.8, 4) is 5.75 Å². The highest BCUT2D eigenvalue weighted by Crippen LogP contribution is 2.26. The van der Waals surface area contributed by atoms with Gasteiger partial charge in [0.15, 0.2) is 0 Å². The van der Waals surface area contributed by atoms with Gasteiger partial charge in [0, 0.05) is 17.7 Å². The summed E-state index contributed by atoms with van der Waals surface area (Å²) in [5, 5.41) is 5.97. The molecule has 2 N–H and O–H groups in total. The van der Waals surface area contributed by atoms with Gasteiger partial charge in [-0.15, -0.1) is 0 Å². The van der Waals surface area contributed by atoms with Crippen molar-refractivity contribution in [1.82, 2.24) is 0 Å². The Kier molecular flexibility index (Phi) is 7.67. The van der Waals surface area contributed by atoms with Gasteiger partial charge in [0.1, 0.15) is 5.75 Å². The first kappa shape index (κ1) is 20.8. The zero-order valence-corrected chi connectivity index (χ0v) is 16.6. The zero-order valence-electron chi connectivity index (χ0n) is 15.8. The second-order valence-corrected chi connectivity index (χ2v) is 6.72. The first-order chi connectivity index (χ1) is 12.9. The number of carbonyl (C=O) groups excluding carboxylic acids is 2. The van der Waals surface area contributed by atoms with Crippen LogP contribution in [0.5, 0.6) is 5.75 Å². The molecule has 0 fully saturated rings. The molecule has 0 aliphatic carbocycles. The molecule has 144 valence electrons. The van der Waals surface area contributed by atoms with Gasteiger partial charge in [-0.1, -0.05) is 25.4 Å². The highest BCUT2D eigenvalue weighted by molar-refractivity contribution is 6.34. The summed E-state index contributed by atoms with van der Waals surface area (Å²) in [6.45, 7) is 5.98. The zero-order chi connectivity index (χ0) is 19.8. The van der Waals surface area contributed by atoms with Crippen LogP contribution in [-0.2, 0) is 4.79 Å². The minimum atomic E-state index is -0.288. The first-order valence-electron chi connectivity index (χ1n) is 9.10. The first-order valence-corrected chi connectivity index (χ1v) is 9.48. The van der Waals surface area contributed by atoms with Crippen molar-refractivity contribution >= 4 is 34.8 Å². The van der Waals surface area contributed by atoms with Crippen molar-refractivity contribution in [3.05, 3.63) is 53.1 Å². The fourth-order valence-electron chi connectivity index (χ4n) is 2.34. The number of nitrogens with one attached hydrogen (secondary N) is 2. The van der Waals surface area contributed by atoms with Gasteiger partial charge in [0.2, 0.25) is 5.91 Å². The quantitative estimate of drug-likeness (QED) is 0.626. The number of benzene rings is 2. The number of ether oxygens (including phenoxy) is 1. The minimum Gasteiger partial charge on any atom is -0.491 e. The molecular formula is C21H25ClN2O3. The maximum atomic E-state index is 12.5. The molecule has 0 spiro atoms. The summed E-state index contributed by atoms with van der Waals surface area (Å²) >= 11 is 6.18. The molecular weight excluding hydrogens is 364 g/mol. The van der Waals surface area contributed by atoms with Crippen LogP contribution in [0.2, 0.25) is 5.02 Å². The average molecular weight is 389 g/mol. The molecule has 0 bridgehead atoms. The van der Waals surface area contributed by atoms with E-state index in [1.807, 2.05) is 13.8 Å². The van der Waals surface area contributed by atoms with Crippen LogP contribution >= 0.6 is 11.6 Å². The van der Waals surface area contributed by atoms with E-state index < -0.39 is 0 Å². The number of hydrogen-bond donors (Lipinski definition) is 2. The molecule has 0 heterocycles. The molecule has 2 rings (SSSR count). The Morgan fingerprint density at radius 1 is 1.07 bits per heavy atom. The third-order valence-corrected chi connectivity index (χ3v) is 4.33. The van der Waals surface area contributed by atoms with Gasteiger partial charge in [-0.2, -0.15) is 0 Å². The van der Waals surface area contributed by atoms with Crippen LogP contribution in [0.25, 0.3) is 0 Å². The molecule has 1 atom stereocenters. The van der Waals surface area contributed by atoms with E-state index in [1.54, 1.807) is 42.5 Å². The second-order valence-electron chi connectivity index (χ2n) is 6.31. The highest BCUT2D eigenvalue weighted by atomic mass is 35.5. The summed E-state index contributed by atoms with van der Waals surface area (Å²) in [6, 6.07) is 11.9. The van der Waals surface area contributed by atoms with Crippen LogP contribution in [0.4, 0.5) is 11.4 Å². The summed E-state index contributed by atoms with van der Waals surface area (Å²) in [6.07, 6.45) is 2.23. The Labute approximate surface area is 165 Å². The van der Waals surface area contributed by atoms with E-state index in [0.29, 0.717) is 28.4 Å². The Bertz CT molecular complexity index is 791. The molecule has 6 heteroatoms. The van der Waals surface area contributed by atoms with Gasteiger partial charge in [-0.05, 0) is 62.2 Å². The van der Waals surface area contributed by atoms with Crippen molar-refractivity contribution in [2.45, 2.75) is 46.1 Å². The molecule has 0 aromatic heterocycles. The topological polar surface area (TPSA) is 67.4 Å². The Hall–Kier alpha value is -2.53. The molecule has 0 radical (unpaired) electrons. The van der Waals surface area contributed by atoms with Crippen LogP contribution in [-0.4, -0.2) is 17.9 Å². The number of anilines is 2. The van der Waals surface area contributed by atoms with Crippen LogP contribution in [0.15, 0.2) is 42.5 Å². The van der Waals surface area contributed by atoms with E-state index in [0.717, 1.165) is 18.6 Å². The Balaban J connectivity index is 2.07.